The number of nitrogens with zero attached hydrogens (tertiary/aromatic N) is 3. The van der Waals surface area contributed by atoms with Crippen LogP contribution in [0.3, 0.4) is 0 Å². The molecule has 0 saturated heterocycles. The van der Waals surface area contributed by atoms with Crippen LogP contribution in [0.15, 0.2) is 24.3 Å². The van der Waals surface area contributed by atoms with Gasteiger partial charge in [0.25, 0.3) is 5.91 Å². The number of fused-ring (bicyclic) bond motifs is 1. The molecule has 0 spiro atoms. The Bertz CT molecular complexity index is 769. The summed E-state index contributed by atoms with van der Waals surface area (Å²) in [5, 5.41) is 11.1. The number of nitrogens with one attached hydrogen (secondary N) is 1. The van der Waals surface area contributed by atoms with Gasteiger partial charge in [-0.2, -0.15) is 13.2 Å². The van der Waals surface area contributed by atoms with Gasteiger partial charge in [0.1, 0.15) is 5.82 Å². The molecule has 8 heteroatoms. The number of carbonyl (C=O) groups excluding carboxylic acids is 1. The first-order valence-electron chi connectivity index (χ1n) is 8.26. The van der Waals surface area contributed by atoms with E-state index in [9.17, 15) is 18.0 Å². The van der Waals surface area contributed by atoms with E-state index >= 15 is 0 Å². The molecule has 1 aliphatic heterocycles. The van der Waals surface area contributed by atoms with Crippen molar-refractivity contribution in [3.63, 3.8) is 0 Å². The number of alkyl halides is 3. The maximum absolute atomic E-state index is 12.8. The molecule has 1 aromatic heterocycles. The molecule has 1 aromatic carbocycles. The maximum Gasteiger partial charge on any atom is 0.416 e. The number of aryl methyl sites for hydroxylation is 1. The van der Waals surface area contributed by atoms with Crippen LogP contribution >= 0.6 is 0 Å². The average Bonchev–Trinajstić information content (AvgIpc) is 2.83. The second kappa shape index (κ2) is 6.85. The monoisotopic (exact) mass is 352 g/mol. The second-order valence-corrected chi connectivity index (χ2v) is 6.21. The van der Waals surface area contributed by atoms with Crippen LogP contribution in [0.4, 0.5) is 13.2 Å². The summed E-state index contributed by atoms with van der Waals surface area (Å²) in [6.45, 7) is 2.55. The van der Waals surface area contributed by atoms with Crippen LogP contribution in [0.25, 0.3) is 0 Å². The van der Waals surface area contributed by atoms with Gasteiger partial charge in [-0.15, -0.1) is 10.2 Å². The summed E-state index contributed by atoms with van der Waals surface area (Å²) in [6.07, 6.45) is -0.434. The molecule has 0 bridgehead atoms. The minimum Gasteiger partial charge on any atom is -0.342 e. The third kappa shape index (κ3) is 3.83. The van der Waals surface area contributed by atoms with E-state index in [2.05, 4.69) is 15.5 Å². The SMILES string of the molecule is CC(NC(=O)c1cccc(C(F)(F)F)c1)c1nnc2n1CCCCC2. The summed E-state index contributed by atoms with van der Waals surface area (Å²) in [4.78, 5) is 12.3. The van der Waals surface area contributed by atoms with E-state index in [1.165, 1.54) is 12.1 Å². The Morgan fingerprint density at radius 1 is 1.24 bits per heavy atom. The van der Waals surface area contributed by atoms with Crippen molar-refractivity contribution in [3.8, 4) is 0 Å². The van der Waals surface area contributed by atoms with Gasteiger partial charge >= 0.3 is 6.18 Å². The largest absolute Gasteiger partial charge is 0.416 e. The summed E-state index contributed by atoms with van der Waals surface area (Å²) in [6, 6.07) is 3.94. The molecule has 0 aliphatic carbocycles. The summed E-state index contributed by atoms with van der Waals surface area (Å²) in [7, 11) is 0. The molecule has 3 rings (SSSR count). The molecule has 0 fully saturated rings. The molecule has 1 aliphatic rings. The van der Waals surface area contributed by atoms with E-state index in [-0.39, 0.29) is 5.56 Å². The van der Waals surface area contributed by atoms with Gasteiger partial charge < -0.3 is 9.88 Å². The van der Waals surface area contributed by atoms with Crippen LogP contribution in [0, 0.1) is 0 Å². The summed E-state index contributed by atoms with van der Waals surface area (Å²) in [5.74, 6) is 0.967. The van der Waals surface area contributed by atoms with Crippen LogP contribution in [0.5, 0.6) is 0 Å². The van der Waals surface area contributed by atoms with Gasteiger partial charge in [-0.05, 0) is 38.0 Å². The lowest BCUT2D eigenvalue weighted by Crippen LogP contribution is -2.29. The summed E-state index contributed by atoms with van der Waals surface area (Å²) in [5.41, 5.74) is -0.874. The summed E-state index contributed by atoms with van der Waals surface area (Å²) >= 11 is 0. The fourth-order valence-corrected chi connectivity index (χ4v) is 3.01. The molecule has 0 saturated carbocycles. The minimum absolute atomic E-state index is 0.0303. The van der Waals surface area contributed by atoms with E-state index in [0.717, 1.165) is 50.2 Å². The number of hydrogen-bond acceptors (Lipinski definition) is 3. The van der Waals surface area contributed by atoms with Crippen LogP contribution in [-0.4, -0.2) is 20.7 Å². The number of benzene rings is 1. The Balaban J connectivity index is 1.76. The predicted molar refractivity (Wildman–Crippen MR) is 84.9 cm³/mol. The van der Waals surface area contributed by atoms with Crippen LogP contribution < -0.4 is 5.32 Å². The lowest BCUT2D eigenvalue weighted by atomic mass is 10.1. The average molecular weight is 352 g/mol. The first-order chi connectivity index (χ1) is 11.9. The number of rotatable bonds is 3. The van der Waals surface area contributed by atoms with Crippen molar-refractivity contribution < 1.29 is 18.0 Å². The molecule has 5 nitrogen and oxygen atoms in total. The Morgan fingerprint density at radius 3 is 2.80 bits per heavy atom. The van der Waals surface area contributed by atoms with E-state index in [4.69, 9.17) is 0 Å². The molecule has 2 aromatic rings. The molecule has 1 amide bonds. The maximum atomic E-state index is 12.8. The second-order valence-electron chi connectivity index (χ2n) is 6.21. The fraction of sp³-hybridized carbons (Fsp3) is 0.471. The lowest BCUT2D eigenvalue weighted by Gasteiger charge is -2.16. The van der Waals surface area contributed by atoms with Crippen LogP contribution in [0.2, 0.25) is 0 Å². The zero-order valence-electron chi connectivity index (χ0n) is 13.8. The molecular formula is C17H19F3N4O. The third-order valence-corrected chi connectivity index (χ3v) is 4.33. The van der Waals surface area contributed by atoms with Crippen molar-refractivity contribution in [2.24, 2.45) is 0 Å². The van der Waals surface area contributed by atoms with E-state index in [1.807, 2.05) is 4.57 Å². The molecule has 1 N–H and O–H groups in total. The molecule has 25 heavy (non-hydrogen) atoms. The molecular weight excluding hydrogens is 333 g/mol. The van der Waals surface area contributed by atoms with E-state index < -0.39 is 23.7 Å². The highest BCUT2D eigenvalue weighted by atomic mass is 19.4. The van der Waals surface area contributed by atoms with Crippen LogP contribution in [-0.2, 0) is 19.1 Å². The minimum atomic E-state index is -4.48. The van der Waals surface area contributed by atoms with Crippen molar-refractivity contribution in [3.05, 3.63) is 47.0 Å². The first-order valence-corrected chi connectivity index (χ1v) is 8.26. The number of hydrogen-bond donors (Lipinski definition) is 1. The van der Waals surface area contributed by atoms with Gasteiger partial charge in [-0.1, -0.05) is 12.5 Å². The van der Waals surface area contributed by atoms with Gasteiger partial charge in [0.05, 0.1) is 11.6 Å². The molecule has 0 radical (unpaired) electrons. The zero-order valence-corrected chi connectivity index (χ0v) is 13.8. The Morgan fingerprint density at radius 2 is 2.04 bits per heavy atom. The van der Waals surface area contributed by atoms with Crippen molar-refractivity contribution in [2.45, 2.75) is 51.4 Å². The normalized spacial score (nSPS) is 16.0. The Kier molecular flexibility index (Phi) is 4.78. The first kappa shape index (κ1) is 17.4. The van der Waals surface area contributed by atoms with Crippen LogP contribution in [0.1, 0.15) is 59.8 Å². The van der Waals surface area contributed by atoms with Crippen molar-refractivity contribution >= 4 is 5.91 Å². The Labute approximate surface area is 143 Å². The van der Waals surface area contributed by atoms with E-state index in [0.29, 0.717) is 5.82 Å². The third-order valence-electron chi connectivity index (χ3n) is 4.33. The van der Waals surface area contributed by atoms with Crippen molar-refractivity contribution in [1.29, 1.82) is 0 Å². The number of amides is 1. The van der Waals surface area contributed by atoms with Gasteiger partial charge in [0.15, 0.2) is 5.82 Å². The highest BCUT2D eigenvalue weighted by Crippen LogP contribution is 2.29. The predicted octanol–water partition coefficient (Wildman–Crippen LogP) is 3.51. The Hall–Kier alpha value is -2.38. The standard InChI is InChI=1S/C17H19F3N4O/c1-11(15-23-22-14-8-3-2-4-9-24(14)15)21-16(25)12-6-5-7-13(10-12)17(18,19)20/h5-7,10-11H,2-4,8-9H2,1H3,(H,21,25). The van der Waals surface area contributed by atoms with Gasteiger partial charge in [0, 0.05) is 18.5 Å². The van der Waals surface area contributed by atoms with Crippen molar-refractivity contribution in [1.82, 2.24) is 20.1 Å². The summed E-state index contributed by atoms with van der Waals surface area (Å²) < 4.78 is 40.4. The van der Waals surface area contributed by atoms with Gasteiger partial charge in [0.2, 0.25) is 0 Å². The molecule has 2 heterocycles. The molecule has 134 valence electrons. The highest BCUT2D eigenvalue weighted by molar-refractivity contribution is 5.94. The molecule has 1 atom stereocenters. The lowest BCUT2D eigenvalue weighted by molar-refractivity contribution is -0.137. The zero-order chi connectivity index (χ0) is 18.0. The van der Waals surface area contributed by atoms with E-state index in [1.54, 1.807) is 6.92 Å². The fourth-order valence-electron chi connectivity index (χ4n) is 3.01. The number of carbonyl (C=O) groups is 1. The quantitative estimate of drug-likeness (QED) is 0.920. The van der Waals surface area contributed by atoms with Gasteiger partial charge in [-0.3, -0.25) is 4.79 Å². The van der Waals surface area contributed by atoms with Gasteiger partial charge in [-0.25, -0.2) is 0 Å². The number of aromatic nitrogens is 3. The van der Waals surface area contributed by atoms with Crippen molar-refractivity contribution in [2.75, 3.05) is 0 Å². The molecule has 1 unspecified atom stereocenters. The highest BCUT2D eigenvalue weighted by Gasteiger charge is 2.31. The topological polar surface area (TPSA) is 59.8 Å². The number of halogens is 3. The smallest absolute Gasteiger partial charge is 0.342 e.